The highest BCUT2D eigenvalue weighted by Crippen LogP contribution is 2.32. The second kappa shape index (κ2) is 6.70. The van der Waals surface area contributed by atoms with Gasteiger partial charge >= 0.3 is 5.97 Å². The van der Waals surface area contributed by atoms with Gasteiger partial charge in [-0.2, -0.15) is 0 Å². The maximum Gasteiger partial charge on any atom is 0.326 e. The molecule has 1 heterocycles. The predicted octanol–water partition coefficient (Wildman–Crippen LogP) is -0.282. The second-order valence-electron chi connectivity index (χ2n) is 4.76. The van der Waals surface area contributed by atoms with Gasteiger partial charge < -0.3 is 20.8 Å². The van der Waals surface area contributed by atoms with Crippen molar-refractivity contribution in [3.05, 3.63) is 0 Å². The minimum absolute atomic E-state index is 0.0408. The summed E-state index contributed by atoms with van der Waals surface area (Å²) < 4.78 is 0. The minimum atomic E-state index is -1.10. The van der Waals surface area contributed by atoms with Gasteiger partial charge in [-0.3, -0.25) is 4.79 Å². The Hall–Kier alpha value is -1.14. The summed E-state index contributed by atoms with van der Waals surface area (Å²) in [6, 6.07) is -0.999. The fourth-order valence-electron chi connectivity index (χ4n) is 2.34. The molecule has 0 aromatic heterocycles. The Morgan fingerprint density at radius 1 is 1.39 bits per heavy atom. The molecule has 0 saturated carbocycles. The van der Waals surface area contributed by atoms with Crippen LogP contribution in [0.5, 0.6) is 0 Å². The van der Waals surface area contributed by atoms with Crippen LogP contribution in [0.25, 0.3) is 0 Å². The van der Waals surface area contributed by atoms with Gasteiger partial charge in [0.1, 0.15) is 6.04 Å². The van der Waals surface area contributed by atoms with E-state index in [0.717, 1.165) is 25.9 Å². The van der Waals surface area contributed by atoms with Crippen molar-refractivity contribution in [2.75, 3.05) is 19.7 Å². The van der Waals surface area contributed by atoms with Crippen LogP contribution in [0.2, 0.25) is 0 Å². The molecule has 0 aromatic rings. The van der Waals surface area contributed by atoms with Crippen molar-refractivity contribution >= 4 is 11.9 Å². The zero-order chi connectivity index (χ0) is 13.6. The number of amides is 1. The van der Waals surface area contributed by atoms with E-state index in [1.54, 1.807) is 0 Å². The molecular formula is C12H22N2O4. The van der Waals surface area contributed by atoms with Gasteiger partial charge in [0.15, 0.2) is 0 Å². The number of carboxylic acids is 1. The molecule has 0 bridgehead atoms. The molecule has 0 spiro atoms. The van der Waals surface area contributed by atoms with Gasteiger partial charge in [-0.1, -0.05) is 6.92 Å². The molecule has 1 saturated heterocycles. The molecule has 1 amide bonds. The molecule has 0 radical (unpaired) electrons. The third kappa shape index (κ3) is 3.43. The average molecular weight is 258 g/mol. The normalized spacial score (nSPS) is 20.1. The first kappa shape index (κ1) is 14.9. The highest BCUT2D eigenvalue weighted by atomic mass is 16.4. The van der Waals surface area contributed by atoms with E-state index >= 15 is 0 Å². The third-order valence-electron chi connectivity index (χ3n) is 3.74. The molecule has 1 atom stereocenters. The zero-order valence-corrected chi connectivity index (χ0v) is 10.7. The summed E-state index contributed by atoms with van der Waals surface area (Å²) in [5.41, 5.74) is -0.464. The Morgan fingerprint density at radius 3 is 2.44 bits per heavy atom. The number of aliphatic hydroxyl groups is 1. The first-order valence-corrected chi connectivity index (χ1v) is 6.41. The summed E-state index contributed by atoms with van der Waals surface area (Å²) in [7, 11) is 0. The van der Waals surface area contributed by atoms with Gasteiger partial charge in [-0.15, -0.1) is 0 Å². The number of piperidine rings is 1. The van der Waals surface area contributed by atoms with E-state index in [1.165, 1.54) is 0 Å². The van der Waals surface area contributed by atoms with E-state index in [0.29, 0.717) is 6.42 Å². The second-order valence-corrected chi connectivity index (χ2v) is 4.76. The molecule has 1 rings (SSSR count). The molecule has 1 aliphatic heterocycles. The monoisotopic (exact) mass is 258 g/mol. The number of aliphatic carboxylic acids is 1. The van der Waals surface area contributed by atoms with E-state index in [4.69, 9.17) is 10.2 Å². The SMILES string of the molecule is CCC1(C(=O)N[C@H](CCO)C(=O)O)CCNCC1. The topological polar surface area (TPSA) is 98.7 Å². The average Bonchev–Trinajstić information content (AvgIpc) is 2.38. The number of rotatable bonds is 6. The van der Waals surface area contributed by atoms with Crippen LogP contribution in [0.15, 0.2) is 0 Å². The van der Waals surface area contributed by atoms with Crippen molar-refractivity contribution in [1.29, 1.82) is 0 Å². The van der Waals surface area contributed by atoms with Crippen molar-refractivity contribution < 1.29 is 19.8 Å². The van der Waals surface area contributed by atoms with Gasteiger partial charge in [0.25, 0.3) is 0 Å². The van der Waals surface area contributed by atoms with Crippen molar-refractivity contribution in [1.82, 2.24) is 10.6 Å². The summed E-state index contributed by atoms with van der Waals surface area (Å²) in [6.07, 6.45) is 2.19. The van der Waals surface area contributed by atoms with Crippen LogP contribution in [0, 0.1) is 5.41 Å². The van der Waals surface area contributed by atoms with E-state index < -0.39 is 17.4 Å². The fourth-order valence-corrected chi connectivity index (χ4v) is 2.34. The van der Waals surface area contributed by atoms with Crippen molar-refractivity contribution in [2.24, 2.45) is 5.41 Å². The number of hydrogen-bond donors (Lipinski definition) is 4. The number of aliphatic hydroxyl groups excluding tert-OH is 1. The van der Waals surface area contributed by atoms with E-state index in [9.17, 15) is 9.59 Å². The summed E-state index contributed by atoms with van der Waals surface area (Å²) in [5.74, 6) is -1.30. The van der Waals surface area contributed by atoms with Crippen LogP contribution < -0.4 is 10.6 Å². The smallest absolute Gasteiger partial charge is 0.326 e. The van der Waals surface area contributed by atoms with E-state index in [2.05, 4.69) is 10.6 Å². The predicted molar refractivity (Wildman–Crippen MR) is 66.1 cm³/mol. The summed E-state index contributed by atoms with van der Waals surface area (Å²) in [6.45, 7) is 3.25. The molecule has 0 aromatic carbocycles. The number of nitrogens with one attached hydrogen (secondary N) is 2. The molecule has 104 valence electrons. The lowest BCUT2D eigenvalue weighted by atomic mass is 9.75. The number of carbonyl (C=O) groups is 2. The summed E-state index contributed by atoms with van der Waals surface area (Å²) >= 11 is 0. The van der Waals surface area contributed by atoms with Crippen LogP contribution in [-0.2, 0) is 9.59 Å². The molecule has 1 aliphatic rings. The minimum Gasteiger partial charge on any atom is -0.480 e. The Morgan fingerprint density at radius 2 is 2.00 bits per heavy atom. The number of carboxylic acid groups (broad SMARTS) is 1. The fraction of sp³-hybridized carbons (Fsp3) is 0.833. The molecule has 0 unspecified atom stereocenters. The lowest BCUT2D eigenvalue weighted by molar-refractivity contribution is -0.145. The molecular weight excluding hydrogens is 236 g/mol. The number of carbonyl (C=O) groups excluding carboxylic acids is 1. The first-order valence-electron chi connectivity index (χ1n) is 6.41. The summed E-state index contributed by atoms with van der Waals surface area (Å²) in [5, 5.41) is 23.5. The molecule has 1 fully saturated rings. The lowest BCUT2D eigenvalue weighted by Crippen LogP contribution is -2.52. The molecule has 0 aliphatic carbocycles. The van der Waals surface area contributed by atoms with Gasteiger partial charge in [-0.05, 0) is 32.4 Å². The van der Waals surface area contributed by atoms with Gasteiger partial charge in [-0.25, -0.2) is 4.79 Å². The van der Waals surface area contributed by atoms with Gasteiger partial charge in [0.2, 0.25) is 5.91 Å². The third-order valence-corrected chi connectivity index (χ3v) is 3.74. The van der Waals surface area contributed by atoms with Gasteiger partial charge in [0.05, 0.1) is 5.41 Å². The quantitative estimate of drug-likeness (QED) is 0.525. The van der Waals surface area contributed by atoms with Crippen LogP contribution in [0.4, 0.5) is 0 Å². The highest BCUT2D eigenvalue weighted by molar-refractivity contribution is 5.87. The molecule has 6 heteroatoms. The van der Waals surface area contributed by atoms with E-state index in [1.807, 2.05) is 6.92 Å². The Labute approximate surface area is 107 Å². The van der Waals surface area contributed by atoms with Crippen LogP contribution in [-0.4, -0.2) is 47.8 Å². The Balaban J connectivity index is 2.68. The standard InChI is InChI=1S/C12H22N2O4/c1-2-12(4-6-13-7-5-12)11(18)14-9(3-8-15)10(16)17/h9,13,15H,2-8H2,1H3,(H,14,18)(H,16,17)/t9-/m1/s1. The Kier molecular flexibility index (Phi) is 5.55. The largest absolute Gasteiger partial charge is 0.480 e. The lowest BCUT2D eigenvalue weighted by Gasteiger charge is -2.36. The maximum absolute atomic E-state index is 12.3. The van der Waals surface area contributed by atoms with Crippen molar-refractivity contribution in [3.63, 3.8) is 0 Å². The first-order chi connectivity index (χ1) is 8.55. The maximum atomic E-state index is 12.3. The van der Waals surface area contributed by atoms with Crippen molar-refractivity contribution in [3.8, 4) is 0 Å². The molecule has 18 heavy (non-hydrogen) atoms. The molecule has 4 N–H and O–H groups in total. The molecule has 6 nitrogen and oxygen atoms in total. The van der Waals surface area contributed by atoms with E-state index in [-0.39, 0.29) is 18.9 Å². The van der Waals surface area contributed by atoms with Crippen LogP contribution >= 0.6 is 0 Å². The number of hydrogen-bond acceptors (Lipinski definition) is 4. The highest BCUT2D eigenvalue weighted by Gasteiger charge is 2.39. The van der Waals surface area contributed by atoms with Crippen LogP contribution in [0.1, 0.15) is 32.6 Å². The van der Waals surface area contributed by atoms with Crippen molar-refractivity contribution in [2.45, 2.75) is 38.6 Å². The van der Waals surface area contributed by atoms with Crippen LogP contribution in [0.3, 0.4) is 0 Å². The zero-order valence-electron chi connectivity index (χ0n) is 10.7. The summed E-state index contributed by atoms with van der Waals surface area (Å²) in [4.78, 5) is 23.2. The Bertz CT molecular complexity index is 300. The van der Waals surface area contributed by atoms with Gasteiger partial charge in [0, 0.05) is 13.0 Å².